The van der Waals surface area contributed by atoms with Gasteiger partial charge in [-0.15, -0.1) is 0 Å². The minimum atomic E-state index is 0.432. The SMILES string of the molecule is N#Cc1c(-c2ccccc2)nc(-c2ccc(-n3c4ccccc4c4cc5c(cc43)c3ccccc3n5-c3ccccc3)c3oc4ccccc4c23)nc1-c1ccccc1. The van der Waals surface area contributed by atoms with E-state index < -0.39 is 0 Å². The van der Waals surface area contributed by atoms with Crippen LogP contribution in [0.1, 0.15) is 5.56 Å². The number of nitriles is 1. The average Bonchev–Trinajstić information content (AvgIpc) is 3.96. The Morgan fingerprint density at radius 1 is 0.458 bits per heavy atom. The summed E-state index contributed by atoms with van der Waals surface area (Å²) in [6, 6.07) is 67.2. The number of fused-ring (bicyclic) bond motifs is 9. The van der Waals surface area contributed by atoms with E-state index in [9.17, 15) is 5.26 Å². The molecule has 0 unspecified atom stereocenters. The van der Waals surface area contributed by atoms with Crippen LogP contribution >= 0.6 is 0 Å². The highest BCUT2D eigenvalue weighted by atomic mass is 16.3. The first-order valence-corrected chi connectivity index (χ1v) is 19.6. The van der Waals surface area contributed by atoms with Crippen molar-refractivity contribution in [1.82, 2.24) is 19.1 Å². The van der Waals surface area contributed by atoms with Crippen molar-refractivity contribution in [3.63, 3.8) is 0 Å². The van der Waals surface area contributed by atoms with Crippen LogP contribution in [-0.4, -0.2) is 19.1 Å². The minimum Gasteiger partial charge on any atom is -0.454 e. The predicted octanol–water partition coefficient (Wildman–Crippen LogP) is 13.4. The highest BCUT2D eigenvalue weighted by Crippen LogP contribution is 2.44. The summed E-state index contributed by atoms with van der Waals surface area (Å²) in [5.41, 5.74) is 12.1. The monoisotopic (exact) mass is 753 g/mol. The van der Waals surface area contributed by atoms with Gasteiger partial charge in [0.25, 0.3) is 0 Å². The van der Waals surface area contributed by atoms with E-state index in [0.29, 0.717) is 22.8 Å². The number of nitrogens with zero attached hydrogens (tertiary/aromatic N) is 5. The van der Waals surface area contributed by atoms with Crippen LogP contribution in [0.5, 0.6) is 0 Å². The standard InChI is InChI=1S/C53H31N5O/c54-32-42-50(33-16-4-1-5-17-33)55-53(56-51(42)34-18-6-2-7-19-34)39-28-29-45(52-49(39)38-24-12-15-27-48(38)59-52)58-44-26-14-11-23-37(44)41-30-46-40(31-47(41)58)36-22-10-13-25-43(36)57(46)35-20-8-3-9-21-35/h1-31H. The fourth-order valence-corrected chi connectivity index (χ4v) is 9.02. The maximum Gasteiger partial charge on any atom is 0.161 e. The van der Waals surface area contributed by atoms with Gasteiger partial charge in [-0.25, -0.2) is 9.97 Å². The molecule has 0 saturated carbocycles. The molecule has 8 aromatic carbocycles. The summed E-state index contributed by atoms with van der Waals surface area (Å²) >= 11 is 0. The number of furan rings is 1. The molecule has 0 N–H and O–H groups in total. The summed E-state index contributed by atoms with van der Waals surface area (Å²) in [4.78, 5) is 10.4. The van der Waals surface area contributed by atoms with Gasteiger partial charge in [0.1, 0.15) is 17.2 Å². The molecule has 0 radical (unpaired) electrons. The van der Waals surface area contributed by atoms with Crippen LogP contribution in [0.2, 0.25) is 0 Å². The highest BCUT2D eigenvalue weighted by Gasteiger charge is 2.25. The first kappa shape index (κ1) is 32.9. The number of hydrogen-bond donors (Lipinski definition) is 0. The summed E-state index contributed by atoms with van der Waals surface area (Å²) in [6.45, 7) is 0. The van der Waals surface area contributed by atoms with Crippen LogP contribution < -0.4 is 0 Å². The molecular formula is C53H31N5O. The molecular weight excluding hydrogens is 723 g/mol. The Balaban J connectivity index is 1.17. The second-order valence-corrected chi connectivity index (χ2v) is 14.8. The molecule has 0 fully saturated rings. The zero-order valence-corrected chi connectivity index (χ0v) is 31.5. The molecule has 0 aliphatic carbocycles. The van der Waals surface area contributed by atoms with Crippen LogP contribution in [0.25, 0.3) is 111 Å². The maximum atomic E-state index is 10.6. The summed E-state index contributed by atoms with van der Waals surface area (Å²) in [7, 11) is 0. The van der Waals surface area contributed by atoms with E-state index in [4.69, 9.17) is 14.4 Å². The van der Waals surface area contributed by atoms with Gasteiger partial charge in [-0.1, -0.05) is 133 Å². The third-order valence-corrected chi connectivity index (χ3v) is 11.6. The van der Waals surface area contributed by atoms with Crippen molar-refractivity contribution in [2.24, 2.45) is 0 Å². The Morgan fingerprint density at radius 2 is 0.966 bits per heavy atom. The zero-order valence-electron chi connectivity index (χ0n) is 31.5. The smallest absolute Gasteiger partial charge is 0.161 e. The Labute approximate surface area is 338 Å². The van der Waals surface area contributed by atoms with Crippen molar-refractivity contribution in [3.05, 3.63) is 194 Å². The van der Waals surface area contributed by atoms with Gasteiger partial charge in [-0.2, -0.15) is 5.26 Å². The fourth-order valence-electron chi connectivity index (χ4n) is 9.02. The Morgan fingerprint density at radius 3 is 1.58 bits per heavy atom. The third-order valence-electron chi connectivity index (χ3n) is 11.6. The molecule has 12 rings (SSSR count). The highest BCUT2D eigenvalue weighted by molar-refractivity contribution is 6.20. The first-order valence-electron chi connectivity index (χ1n) is 19.6. The number of benzene rings is 8. The van der Waals surface area contributed by atoms with Gasteiger partial charge in [0, 0.05) is 54.7 Å². The molecule has 0 amide bonds. The van der Waals surface area contributed by atoms with Crippen LogP contribution in [0.3, 0.4) is 0 Å². The first-order chi connectivity index (χ1) is 29.2. The molecule has 0 bridgehead atoms. The summed E-state index contributed by atoms with van der Waals surface area (Å²) in [5, 5.41) is 17.1. The predicted molar refractivity (Wildman–Crippen MR) is 239 cm³/mol. The maximum absolute atomic E-state index is 10.6. The van der Waals surface area contributed by atoms with Gasteiger partial charge in [-0.3, -0.25) is 0 Å². The van der Waals surface area contributed by atoms with Gasteiger partial charge in [0.2, 0.25) is 0 Å². The van der Waals surface area contributed by atoms with Crippen molar-refractivity contribution < 1.29 is 4.42 Å². The number of rotatable bonds is 5. The molecule has 59 heavy (non-hydrogen) atoms. The molecule has 6 heteroatoms. The summed E-state index contributed by atoms with van der Waals surface area (Å²) in [5.74, 6) is 0.516. The van der Waals surface area contributed by atoms with Crippen LogP contribution in [0.15, 0.2) is 192 Å². The molecule has 0 aliphatic rings. The Hall–Kier alpha value is -8.27. The van der Waals surface area contributed by atoms with Crippen molar-refractivity contribution in [3.8, 4) is 51.3 Å². The second kappa shape index (κ2) is 12.9. The lowest BCUT2D eigenvalue weighted by Gasteiger charge is -2.14. The van der Waals surface area contributed by atoms with E-state index in [1.165, 1.54) is 10.8 Å². The molecule has 12 aromatic rings. The van der Waals surface area contributed by atoms with Gasteiger partial charge in [0.05, 0.1) is 39.1 Å². The second-order valence-electron chi connectivity index (χ2n) is 14.8. The normalized spacial score (nSPS) is 11.7. The Kier molecular flexibility index (Phi) is 7.19. The fraction of sp³-hybridized carbons (Fsp3) is 0. The largest absolute Gasteiger partial charge is 0.454 e. The molecule has 0 saturated heterocycles. The quantitative estimate of drug-likeness (QED) is 0.175. The lowest BCUT2D eigenvalue weighted by atomic mass is 9.99. The molecule has 4 heterocycles. The van der Waals surface area contributed by atoms with Gasteiger partial charge >= 0.3 is 0 Å². The topological polar surface area (TPSA) is 72.6 Å². The zero-order chi connectivity index (χ0) is 39.0. The summed E-state index contributed by atoms with van der Waals surface area (Å²) in [6.07, 6.45) is 0. The van der Waals surface area contributed by atoms with E-state index in [1.807, 2.05) is 78.9 Å². The number of para-hydroxylation sites is 4. The minimum absolute atomic E-state index is 0.432. The van der Waals surface area contributed by atoms with Crippen LogP contribution in [0, 0.1) is 11.3 Å². The van der Waals surface area contributed by atoms with E-state index in [-0.39, 0.29) is 0 Å². The number of aromatic nitrogens is 4. The molecule has 6 nitrogen and oxygen atoms in total. The average molecular weight is 754 g/mol. The van der Waals surface area contributed by atoms with Gasteiger partial charge < -0.3 is 13.6 Å². The molecule has 274 valence electrons. The summed E-state index contributed by atoms with van der Waals surface area (Å²) < 4.78 is 11.6. The van der Waals surface area contributed by atoms with Crippen molar-refractivity contribution in [2.75, 3.05) is 0 Å². The number of hydrogen-bond acceptors (Lipinski definition) is 4. The van der Waals surface area contributed by atoms with Crippen molar-refractivity contribution in [1.29, 1.82) is 5.26 Å². The van der Waals surface area contributed by atoms with Crippen molar-refractivity contribution in [2.45, 2.75) is 0 Å². The van der Waals surface area contributed by atoms with Crippen LogP contribution in [0.4, 0.5) is 0 Å². The van der Waals surface area contributed by atoms with Crippen molar-refractivity contribution >= 4 is 65.6 Å². The third kappa shape index (κ3) is 4.92. The molecule has 4 aromatic heterocycles. The van der Waals surface area contributed by atoms with Gasteiger partial charge in [-0.05, 0) is 54.6 Å². The molecule has 0 atom stereocenters. The Bertz CT molecular complexity index is 3610. The molecule has 0 aliphatic heterocycles. The van der Waals surface area contributed by atoms with E-state index in [1.54, 1.807) is 0 Å². The molecule has 0 spiro atoms. The lowest BCUT2D eigenvalue weighted by Crippen LogP contribution is -2.02. The van der Waals surface area contributed by atoms with Gasteiger partial charge in [0.15, 0.2) is 11.4 Å². The van der Waals surface area contributed by atoms with E-state index >= 15 is 0 Å². The lowest BCUT2D eigenvalue weighted by molar-refractivity contribution is 0.666. The van der Waals surface area contributed by atoms with Crippen LogP contribution in [-0.2, 0) is 0 Å². The van der Waals surface area contributed by atoms with E-state index in [0.717, 1.165) is 82.8 Å². The van der Waals surface area contributed by atoms with E-state index in [2.05, 4.69) is 124 Å².